The van der Waals surface area contributed by atoms with Crippen molar-refractivity contribution in [3.8, 4) is 0 Å². The summed E-state index contributed by atoms with van der Waals surface area (Å²) in [6.07, 6.45) is 10.4. The monoisotopic (exact) mass is 290 g/mol. The fraction of sp³-hybridized carbons (Fsp3) is 0.250. The van der Waals surface area contributed by atoms with E-state index in [0.717, 1.165) is 16.6 Å². The van der Waals surface area contributed by atoms with Crippen LogP contribution in [0.4, 0.5) is 5.69 Å². The molecule has 0 aliphatic heterocycles. The maximum atomic E-state index is 6.26. The highest BCUT2D eigenvalue weighted by atomic mass is 14.7. The number of hydrogen-bond donors (Lipinski definition) is 1. The third-order valence-corrected chi connectivity index (χ3v) is 4.28. The zero-order valence-electron chi connectivity index (χ0n) is 13.3. The number of hydrogen-bond acceptors (Lipinski definition) is 2. The standard InChI is InChI=1S/C20H22N2/c1-4-6-13(3)17(5-2)15-9-16-11-20(14-7-8-14)22-12-18(16)19(21)10-15/h4-6,9-12,14H,1,7-8,21H2,2-3H3/b13-6-,17-5+. The predicted octanol–water partition coefficient (Wildman–Crippen LogP) is 5.23. The third-order valence-electron chi connectivity index (χ3n) is 4.28. The van der Waals surface area contributed by atoms with Crippen molar-refractivity contribution >= 4 is 22.0 Å². The molecule has 2 nitrogen and oxygen atoms in total. The van der Waals surface area contributed by atoms with Crippen molar-refractivity contribution in [3.63, 3.8) is 0 Å². The van der Waals surface area contributed by atoms with Crippen LogP contribution < -0.4 is 5.73 Å². The summed E-state index contributed by atoms with van der Waals surface area (Å²) in [5.74, 6) is 0.651. The van der Waals surface area contributed by atoms with Gasteiger partial charge < -0.3 is 5.73 Å². The Balaban J connectivity index is 2.13. The second-order valence-corrected chi connectivity index (χ2v) is 5.96. The Morgan fingerprint density at radius 2 is 2.09 bits per heavy atom. The average molecular weight is 290 g/mol. The van der Waals surface area contributed by atoms with Gasteiger partial charge in [-0.15, -0.1) is 0 Å². The Kier molecular flexibility index (Phi) is 3.84. The van der Waals surface area contributed by atoms with E-state index in [-0.39, 0.29) is 0 Å². The maximum absolute atomic E-state index is 6.26. The molecule has 1 aromatic heterocycles. The lowest BCUT2D eigenvalue weighted by atomic mass is 9.95. The molecule has 1 fully saturated rings. The lowest BCUT2D eigenvalue weighted by Gasteiger charge is -2.12. The van der Waals surface area contributed by atoms with Gasteiger partial charge in [0.2, 0.25) is 0 Å². The first kappa shape index (κ1) is 14.6. The molecule has 2 N–H and O–H groups in total. The molecule has 0 saturated heterocycles. The van der Waals surface area contributed by atoms with E-state index in [9.17, 15) is 0 Å². The number of nitrogens with zero attached hydrogens (tertiary/aromatic N) is 1. The van der Waals surface area contributed by atoms with Crippen LogP contribution in [0.2, 0.25) is 0 Å². The molecule has 1 aliphatic carbocycles. The van der Waals surface area contributed by atoms with Gasteiger partial charge in [0, 0.05) is 28.9 Å². The van der Waals surface area contributed by atoms with E-state index in [1.165, 1.54) is 35.1 Å². The maximum Gasteiger partial charge on any atom is 0.0440 e. The minimum atomic E-state index is 0.651. The van der Waals surface area contributed by atoms with Crippen molar-refractivity contribution < 1.29 is 0 Å². The molecular formula is C20H22N2. The van der Waals surface area contributed by atoms with E-state index in [2.05, 4.69) is 43.6 Å². The normalized spacial score (nSPS) is 16.1. The van der Waals surface area contributed by atoms with Gasteiger partial charge in [-0.1, -0.05) is 24.8 Å². The average Bonchev–Trinajstić information content (AvgIpc) is 3.32. The molecule has 1 aromatic carbocycles. The largest absolute Gasteiger partial charge is 0.398 e. The van der Waals surface area contributed by atoms with Crippen molar-refractivity contribution in [2.45, 2.75) is 32.6 Å². The SMILES string of the molecule is C=C/C=C(C)\C(=C/C)c1cc(N)c2cnc(C3CC3)cc2c1. The van der Waals surface area contributed by atoms with Crippen molar-refractivity contribution in [3.05, 3.63) is 66.0 Å². The number of fused-ring (bicyclic) bond motifs is 1. The number of pyridine rings is 1. The number of anilines is 1. The van der Waals surface area contributed by atoms with Crippen LogP contribution in [0.15, 0.2) is 54.8 Å². The number of aromatic nitrogens is 1. The summed E-state index contributed by atoms with van der Waals surface area (Å²) < 4.78 is 0. The minimum absolute atomic E-state index is 0.651. The second kappa shape index (κ2) is 5.80. The fourth-order valence-corrected chi connectivity index (χ4v) is 2.95. The Labute approximate surface area is 132 Å². The zero-order chi connectivity index (χ0) is 15.7. The van der Waals surface area contributed by atoms with Crippen molar-refractivity contribution in [1.82, 2.24) is 4.98 Å². The van der Waals surface area contributed by atoms with Gasteiger partial charge in [0.1, 0.15) is 0 Å². The molecule has 112 valence electrons. The van der Waals surface area contributed by atoms with Crippen LogP contribution in [0.25, 0.3) is 16.3 Å². The van der Waals surface area contributed by atoms with Crippen LogP contribution in [0.1, 0.15) is 43.9 Å². The molecule has 0 atom stereocenters. The molecule has 0 spiro atoms. The highest BCUT2D eigenvalue weighted by Gasteiger charge is 2.25. The van der Waals surface area contributed by atoms with Crippen molar-refractivity contribution in [2.24, 2.45) is 0 Å². The van der Waals surface area contributed by atoms with Crippen LogP contribution in [0.5, 0.6) is 0 Å². The highest BCUT2D eigenvalue weighted by molar-refractivity contribution is 5.97. The third kappa shape index (κ3) is 2.69. The summed E-state index contributed by atoms with van der Waals surface area (Å²) in [5.41, 5.74) is 11.8. The smallest absolute Gasteiger partial charge is 0.0440 e. The molecule has 3 rings (SSSR count). The Morgan fingerprint density at radius 3 is 2.73 bits per heavy atom. The van der Waals surface area contributed by atoms with Crippen LogP contribution >= 0.6 is 0 Å². The summed E-state index contributed by atoms with van der Waals surface area (Å²) in [7, 11) is 0. The molecule has 2 heteroatoms. The number of benzene rings is 1. The van der Waals surface area contributed by atoms with Gasteiger partial charge in [-0.2, -0.15) is 0 Å². The van der Waals surface area contributed by atoms with Gasteiger partial charge >= 0.3 is 0 Å². The van der Waals surface area contributed by atoms with E-state index in [0.29, 0.717) is 5.92 Å². The molecule has 2 aromatic rings. The van der Waals surface area contributed by atoms with E-state index < -0.39 is 0 Å². The predicted molar refractivity (Wildman–Crippen MR) is 95.7 cm³/mol. The van der Waals surface area contributed by atoms with E-state index in [4.69, 9.17) is 5.73 Å². The summed E-state index contributed by atoms with van der Waals surface area (Å²) >= 11 is 0. The van der Waals surface area contributed by atoms with Gasteiger partial charge in [0.25, 0.3) is 0 Å². The van der Waals surface area contributed by atoms with E-state index in [1.54, 1.807) is 0 Å². The van der Waals surface area contributed by atoms with E-state index in [1.807, 2.05) is 24.4 Å². The molecule has 22 heavy (non-hydrogen) atoms. The van der Waals surface area contributed by atoms with Crippen LogP contribution in [-0.2, 0) is 0 Å². The second-order valence-electron chi connectivity index (χ2n) is 5.96. The van der Waals surface area contributed by atoms with Gasteiger partial charge in [-0.3, -0.25) is 4.98 Å². The molecule has 1 aliphatic rings. The molecule has 0 radical (unpaired) electrons. The van der Waals surface area contributed by atoms with Gasteiger partial charge in [0.15, 0.2) is 0 Å². The quantitative estimate of drug-likeness (QED) is 0.618. The molecule has 0 bridgehead atoms. The van der Waals surface area contributed by atoms with E-state index >= 15 is 0 Å². The van der Waals surface area contributed by atoms with Gasteiger partial charge in [0.05, 0.1) is 0 Å². The Hall–Kier alpha value is -2.35. The number of rotatable bonds is 4. The van der Waals surface area contributed by atoms with Gasteiger partial charge in [-0.25, -0.2) is 0 Å². The molecule has 0 unspecified atom stereocenters. The zero-order valence-corrected chi connectivity index (χ0v) is 13.3. The summed E-state index contributed by atoms with van der Waals surface area (Å²) in [4.78, 5) is 4.57. The molecule has 0 amide bonds. The van der Waals surface area contributed by atoms with Crippen LogP contribution in [-0.4, -0.2) is 4.98 Å². The lowest BCUT2D eigenvalue weighted by Crippen LogP contribution is -1.95. The molecule has 1 heterocycles. The van der Waals surface area contributed by atoms with Crippen LogP contribution in [0.3, 0.4) is 0 Å². The van der Waals surface area contributed by atoms with Crippen molar-refractivity contribution in [1.29, 1.82) is 0 Å². The molecule has 1 saturated carbocycles. The topological polar surface area (TPSA) is 38.9 Å². The minimum Gasteiger partial charge on any atom is -0.398 e. The van der Waals surface area contributed by atoms with Gasteiger partial charge in [-0.05, 0) is 67.0 Å². The summed E-state index contributed by atoms with van der Waals surface area (Å²) in [6.45, 7) is 7.93. The lowest BCUT2D eigenvalue weighted by molar-refractivity contribution is 1.03. The first-order chi connectivity index (χ1) is 10.6. The fourth-order valence-electron chi connectivity index (χ4n) is 2.95. The molecular weight excluding hydrogens is 268 g/mol. The summed E-state index contributed by atoms with van der Waals surface area (Å²) in [6, 6.07) is 6.46. The Morgan fingerprint density at radius 1 is 1.32 bits per heavy atom. The van der Waals surface area contributed by atoms with Crippen LogP contribution in [0, 0.1) is 0 Å². The Bertz CT molecular complexity index is 793. The number of allylic oxidation sites excluding steroid dienone is 5. The number of nitrogen functional groups attached to an aromatic ring is 1. The highest BCUT2D eigenvalue weighted by Crippen LogP contribution is 2.40. The van der Waals surface area contributed by atoms with Crippen molar-refractivity contribution in [2.75, 3.05) is 5.73 Å². The first-order valence-corrected chi connectivity index (χ1v) is 7.79. The first-order valence-electron chi connectivity index (χ1n) is 7.79. The summed E-state index contributed by atoms with van der Waals surface area (Å²) in [5, 5.41) is 2.21. The number of nitrogens with two attached hydrogens (primary N) is 1.